The zero-order chi connectivity index (χ0) is 18.1. The molecule has 1 aromatic carbocycles. The standard InChI is InChI=1S/C15H9ClF2N4O3/c16-8-3-7(1-2-9(8)17)5-19-14(23)11-4-12(15(24)25)22-13(21-11)10(18)6-20-22/h1-4,6H,5H2,(H,19,23)(H,24,25). The molecule has 0 aliphatic heterocycles. The Labute approximate surface area is 143 Å². The first-order valence-electron chi connectivity index (χ1n) is 6.86. The summed E-state index contributed by atoms with van der Waals surface area (Å²) in [5, 5.41) is 15.1. The molecule has 10 heteroatoms. The van der Waals surface area contributed by atoms with Gasteiger partial charge in [-0.2, -0.15) is 5.10 Å². The van der Waals surface area contributed by atoms with E-state index in [0.29, 0.717) is 5.56 Å². The molecule has 0 aliphatic carbocycles. The van der Waals surface area contributed by atoms with Crippen LogP contribution in [-0.2, 0) is 6.54 Å². The number of carboxylic acid groups (broad SMARTS) is 1. The van der Waals surface area contributed by atoms with Crippen molar-refractivity contribution >= 4 is 29.1 Å². The number of benzene rings is 1. The molecule has 0 spiro atoms. The van der Waals surface area contributed by atoms with Gasteiger partial charge in [0.1, 0.15) is 11.5 Å². The van der Waals surface area contributed by atoms with Crippen LogP contribution in [0, 0.1) is 11.6 Å². The number of amides is 1. The average Bonchev–Trinajstić information content (AvgIpc) is 2.96. The van der Waals surface area contributed by atoms with E-state index in [1.807, 2.05) is 0 Å². The SMILES string of the molecule is O=C(NCc1ccc(F)c(Cl)c1)c1cc(C(=O)O)n2ncc(F)c2n1. The van der Waals surface area contributed by atoms with Gasteiger partial charge in [0.15, 0.2) is 17.2 Å². The number of halogens is 3. The van der Waals surface area contributed by atoms with Gasteiger partial charge >= 0.3 is 5.97 Å². The zero-order valence-electron chi connectivity index (χ0n) is 12.3. The molecule has 3 aromatic rings. The molecule has 0 saturated carbocycles. The fourth-order valence-corrected chi connectivity index (χ4v) is 2.33. The Morgan fingerprint density at radius 3 is 2.68 bits per heavy atom. The number of carbonyl (C=O) groups is 2. The summed E-state index contributed by atoms with van der Waals surface area (Å²) in [6, 6.07) is 4.90. The van der Waals surface area contributed by atoms with Crippen LogP contribution in [0.5, 0.6) is 0 Å². The topological polar surface area (TPSA) is 96.6 Å². The van der Waals surface area contributed by atoms with Crippen LogP contribution in [0.3, 0.4) is 0 Å². The molecule has 3 rings (SSSR count). The summed E-state index contributed by atoms with van der Waals surface area (Å²) < 4.78 is 27.5. The number of carboxylic acids is 1. The summed E-state index contributed by atoms with van der Waals surface area (Å²) in [5.74, 6) is -3.57. The van der Waals surface area contributed by atoms with Crippen molar-refractivity contribution < 1.29 is 23.5 Å². The molecule has 7 nitrogen and oxygen atoms in total. The Balaban J connectivity index is 1.87. The fraction of sp³-hybridized carbons (Fsp3) is 0.0667. The molecule has 1 amide bonds. The molecule has 0 atom stereocenters. The summed E-state index contributed by atoms with van der Waals surface area (Å²) in [7, 11) is 0. The molecule has 25 heavy (non-hydrogen) atoms. The summed E-state index contributed by atoms with van der Waals surface area (Å²) >= 11 is 5.66. The fourth-order valence-electron chi connectivity index (χ4n) is 2.13. The second-order valence-electron chi connectivity index (χ2n) is 4.99. The van der Waals surface area contributed by atoms with E-state index in [2.05, 4.69) is 15.4 Å². The summed E-state index contributed by atoms with van der Waals surface area (Å²) in [5.41, 5.74) is -0.564. The van der Waals surface area contributed by atoms with Crippen molar-refractivity contribution in [2.24, 2.45) is 0 Å². The van der Waals surface area contributed by atoms with E-state index in [1.165, 1.54) is 12.1 Å². The lowest BCUT2D eigenvalue weighted by Crippen LogP contribution is -2.25. The summed E-state index contributed by atoms with van der Waals surface area (Å²) in [6.45, 7) is -0.00412. The van der Waals surface area contributed by atoms with Crippen LogP contribution in [0.1, 0.15) is 26.5 Å². The van der Waals surface area contributed by atoms with Gasteiger partial charge < -0.3 is 10.4 Å². The quantitative estimate of drug-likeness (QED) is 0.738. The van der Waals surface area contributed by atoms with Crippen LogP contribution in [0.15, 0.2) is 30.5 Å². The van der Waals surface area contributed by atoms with Gasteiger partial charge in [-0.25, -0.2) is 23.1 Å². The van der Waals surface area contributed by atoms with Gasteiger partial charge in [-0.05, 0) is 17.7 Å². The highest BCUT2D eigenvalue weighted by Gasteiger charge is 2.19. The van der Waals surface area contributed by atoms with Gasteiger partial charge in [0, 0.05) is 12.6 Å². The summed E-state index contributed by atoms with van der Waals surface area (Å²) in [6.07, 6.45) is 0.803. The second-order valence-corrected chi connectivity index (χ2v) is 5.40. The first-order valence-corrected chi connectivity index (χ1v) is 7.24. The average molecular weight is 367 g/mol. The Bertz CT molecular complexity index is 1010. The van der Waals surface area contributed by atoms with Crippen molar-refractivity contribution in [2.45, 2.75) is 6.54 Å². The third-order valence-corrected chi connectivity index (χ3v) is 3.61. The third kappa shape index (κ3) is 3.26. The maximum atomic E-state index is 13.6. The highest BCUT2D eigenvalue weighted by atomic mass is 35.5. The molecular weight excluding hydrogens is 358 g/mol. The number of aromatic nitrogens is 3. The van der Waals surface area contributed by atoms with Gasteiger partial charge in [0.25, 0.3) is 5.91 Å². The maximum Gasteiger partial charge on any atom is 0.354 e. The number of fused-ring (bicyclic) bond motifs is 1. The van der Waals surface area contributed by atoms with Crippen LogP contribution in [-0.4, -0.2) is 31.6 Å². The zero-order valence-corrected chi connectivity index (χ0v) is 13.1. The monoisotopic (exact) mass is 366 g/mol. The first-order chi connectivity index (χ1) is 11.9. The Morgan fingerprint density at radius 2 is 2.00 bits per heavy atom. The molecule has 0 bridgehead atoms. The summed E-state index contributed by atoms with van der Waals surface area (Å²) in [4.78, 5) is 27.2. The van der Waals surface area contributed by atoms with E-state index in [9.17, 15) is 18.4 Å². The van der Waals surface area contributed by atoms with E-state index in [-0.39, 0.29) is 22.9 Å². The van der Waals surface area contributed by atoms with Gasteiger partial charge in [0.05, 0.1) is 11.2 Å². The lowest BCUT2D eigenvalue weighted by Gasteiger charge is -2.07. The molecule has 128 valence electrons. The minimum absolute atomic E-state index is 0.00412. The minimum atomic E-state index is -1.39. The third-order valence-electron chi connectivity index (χ3n) is 3.32. The van der Waals surface area contributed by atoms with Crippen LogP contribution < -0.4 is 5.32 Å². The van der Waals surface area contributed by atoms with Crippen molar-refractivity contribution in [1.82, 2.24) is 19.9 Å². The molecule has 0 radical (unpaired) electrons. The normalized spacial score (nSPS) is 10.8. The first kappa shape index (κ1) is 16.8. The molecule has 0 unspecified atom stereocenters. The number of carbonyl (C=O) groups excluding carboxylic acids is 1. The Hall–Kier alpha value is -3.07. The van der Waals surface area contributed by atoms with Gasteiger partial charge in [0.2, 0.25) is 0 Å². The lowest BCUT2D eigenvalue weighted by molar-refractivity contribution is 0.0687. The van der Waals surface area contributed by atoms with E-state index in [0.717, 1.165) is 22.8 Å². The lowest BCUT2D eigenvalue weighted by atomic mass is 10.2. The molecular formula is C15H9ClF2N4O3. The Kier molecular flexibility index (Phi) is 4.32. The molecule has 0 fully saturated rings. The molecule has 2 heterocycles. The van der Waals surface area contributed by atoms with Crippen molar-refractivity contribution in [3.05, 3.63) is 64.1 Å². The van der Waals surface area contributed by atoms with Crippen LogP contribution in [0.2, 0.25) is 5.02 Å². The molecule has 0 saturated heterocycles. The van der Waals surface area contributed by atoms with Crippen LogP contribution >= 0.6 is 11.6 Å². The van der Waals surface area contributed by atoms with E-state index >= 15 is 0 Å². The van der Waals surface area contributed by atoms with Crippen molar-refractivity contribution in [3.8, 4) is 0 Å². The predicted molar refractivity (Wildman–Crippen MR) is 82.5 cm³/mol. The van der Waals surface area contributed by atoms with Crippen LogP contribution in [0.4, 0.5) is 8.78 Å². The number of rotatable bonds is 4. The predicted octanol–water partition coefficient (Wildman–Crippen LogP) is 2.29. The number of hydrogen-bond acceptors (Lipinski definition) is 4. The van der Waals surface area contributed by atoms with Gasteiger partial charge in [-0.15, -0.1) is 0 Å². The highest BCUT2D eigenvalue weighted by Crippen LogP contribution is 2.16. The largest absolute Gasteiger partial charge is 0.477 e. The Morgan fingerprint density at radius 1 is 1.24 bits per heavy atom. The van der Waals surface area contributed by atoms with E-state index in [1.54, 1.807) is 0 Å². The molecule has 2 aromatic heterocycles. The van der Waals surface area contributed by atoms with Crippen molar-refractivity contribution in [2.75, 3.05) is 0 Å². The van der Waals surface area contributed by atoms with Gasteiger partial charge in [-0.1, -0.05) is 17.7 Å². The molecule has 2 N–H and O–H groups in total. The van der Waals surface area contributed by atoms with Crippen molar-refractivity contribution in [3.63, 3.8) is 0 Å². The highest BCUT2D eigenvalue weighted by molar-refractivity contribution is 6.30. The smallest absolute Gasteiger partial charge is 0.354 e. The number of nitrogens with zero attached hydrogens (tertiary/aromatic N) is 3. The number of hydrogen-bond donors (Lipinski definition) is 2. The van der Waals surface area contributed by atoms with E-state index in [4.69, 9.17) is 16.7 Å². The minimum Gasteiger partial charge on any atom is -0.477 e. The van der Waals surface area contributed by atoms with E-state index < -0.39 is 29.2 Å². The second kappa shape index (κ2) is 6.44. The van der Waals surface area contributed by atoms with Gasteiger partial charge in [-0.3, -0.25) is 4.79 Å². The van der Waals surface area contributed by atoms with Crippen LogP contribution in [0.25, 0.3) is 5.65 Å². The van der Waals surface area contributed by atoms with Crippen molar-refractivity contribution in [1.29, 1.82) is 0 Å². The number of nitrogens with one attached hydrogen (secondary N) is 1. The molecule has 0 aliphatic rings. The maximum absolute atomic E-state index is 13.6. The number of aromatic carboxylic acids is 1.